The van der Waals surface area contributed by atoms with Crippen LogP contribution >= 0.6 is 11.6 Å². The standard InChI is InChI=1S/C19H19ClO3.CO2/c1-2-16(19(22)23)17(13-6-4-3-5-7-13)12-18(21)14-8-10-15(20)11-9-14;2-1-3/h3-11,16-17H,2,12H2,1H3,(H,22,23);. The van der Waals surface area contributed by atoms with Gasteiger partial charge in [-0.05, 0) is 36.2 Å². The molecule has 0 aliphatic carbocycles. The summed E-state index contributed by atoms with van der Waals surface area (Å²) in [6, 6.07) is 16.1. The molecule has 0 amide bonds. The molecule has 1 N–H and O–H groups in total. The molecular weight excluding hydrogens is 356 g/mol. The number of ketones is 1. The summed E-state index contributed by atoms with van der Waals surface area (Å²) in [6.45, 7) is 1.83. The summed E-state index contributed by atoms with van der Waals surface area (Å²) in [5.74, 6) is -1.88. The van der Waals surface area contributed by atoms with Crippen molar-refractivity contribution in [2.24, 2.45) is 5.92 Å². The van der Waals surface area contributed by atoms with Gasteiger partial charge in [0.25, 0.3) is 0 Å². The molecule has 6 heteroatoms. The number of carboxylic acid groups (broad SMARTS) is 1. The summed E-state index contributed by atoms with van der Waals surface area (Å²) < 4.78 is 0. The Morgan fingerprint density at radius 3 is 2.04 bits per heavy atom. The second kappa shape index (κ2) is 11.0. The topological polar surface area (TPSA) is 88.5 Å². The molecule has 0 heterocycles. The van der Waals surface area contributed by atoms with E-state index in [9.17, 15) is 14.7 Å². The molecule has 2 rings (SSSR count). The van der Waals surface area contributed by atoms with Crippen LogP contribution in [0.2, 0.25) is 5.02 Å². The van der Waals surface area contributed by atoms with Crippen LogP contribution < -0.4 is 0 Å². The first-order chi connectivity index (χ1) is 12.4. The van der Waals surface area contributed by atoms with Crippen LogP contribution in [0.4, 0.5) is 0 Å². The molecular formula is C20H19ClO5. The molecule has 26 heavy (non-hydrogen) atoms. The first-order valence-electron chi connectivity index (χ1n) is 8.00. The van der Waals surface area contributed by atoms with Crippen molar-refractivity contribution in [3.8, 4) is 0 Å². The molecule has 0 saturated heterocycles. The summed E-state index contributed by atoms with van der Waals surface area (Å²) in [6.07, 6.45) is 0.888. The van der Waals surface area contributed by atoms with Crippen molar-refractivity contribution in [2.45, 2.75) is 25.7 Å². The van der Waals surface area contributed by atoms with E-state index >= 15 is 0 Å². The molecule has 0 spiro atoms. The fraction of sp³-hybridized carbons (Fsp3) is 0.250. The first kappa shape index (κ1) is 21.3. The second-order valence-electron chi connectivity index (χ2n) is 5.59. The minimum absolute atomic E-state index is 0.0739. The van der Waals surface area contributed by atoms with Gasteiger partial charge in [-0.2, -0.15) is 9.59 Å². The highest BCUT2D eigenvalue weighted by Crippen LogP contribution is 2.32. The van der Waals surface area contributed by atoms with Crippen LogP contribution in [0, 0.1) is 5.92 Å². The zero-order valence-corrected chi connectivity index (χ0v) is 15.0. The zero-order valence-electron chi connectivity index (χ0n) is 14.2. The quantitative estimate of drug-likeness (QED) is 0.733. The zero-order chi connectivity index (χ0) is 19.5. The molecule has 0 radical (unpaired) electrons. The van der Waals surface area contributed by atoms with Gasteiger partial charge < -0.3 is 5.11 Å². The van der Waals surface area contributed by atoms with E-state index < -0.39 is 11.9 Å². The Labute approximate surface area is 156 Å². The van der Waals surface area contributed by atoms with Crippen molar-refractivity contribution in [1.29, 1.82) is 0 Å². The van der Waals surface area contributed by atoms with E-state index in [0.29, 0.717) is 17.0 Å². The van der Waals surface area contributed by atoms with Gasteiger partial charge in [-0.3, -0.25) is 9.59 Å². The van der Waals surface area contributed by atoms with E-state index in [-0.39, 0.29) is 24.3 Å². The Kier molecular flexibility index (Phi) is 8.99. The molecule has 0 aromatic heterocycles. The largest absolute Gasteiger partial charge is 0.481 e. The molecule has 0 bridgehead atoms. The van der Waals surface area contributed by atoms with Crippen LogP contribution in [0.5, 0.6) is 0 Å². The summed E-state index contributed by atoms with van der Waals surface area (Å²) in [5.41, 5.74) is 1.43. The predicted octanol–water partition coefficient (Wildman–Crippen LogP) is 4.22. The third-order valence-electron chi connectivity index (χ3n) is 4.04. The monoisotopic (exact) mass is 374 g/mol. The fourth-order valence-corrected chi connectivity index (χ4v) is 2.90. The number of carbonyl (C=O) groups excluding carboxylic acids is 3. The highest BCUT2D eigenvalue weighted by molar-refractivity contribution is 6.30. The molecule has 0 fully saturated rings. The highest BCUT2D eigenvalue weighted by Gasteiger charge is 2.30. The summed E-state index contributed by atoms with van der Waals surface area (Å²) in [5, 5.41) is 10.1. The van der Waals surface area contributed by atoms with Gasteiger partial charge >= 0.3 is 12.1 Å². The first-order valence-corrected chi connectivity index (χ1v) is 8.38. The van der Waals surface area contributed by atoms with Gasteiger partial charge in [0, 0.05) is 22.9 Å². The van der Waals surface area contributed by atoms with E-state index in [4.69, 9.17) is 21.2 Å². The second-order valence-corrected chi connectivity index (χ2v) is 6.02. The fourth-order valence-electron chi connectivity index (χ4n) is 2.78. The predicted molar refractivity (Wildman–Crippen MR) is 96.0 cm³/mol. The van der Waals surface area contributed by atoms with Crippen LogP contribution in [-0.4, -0.2) is 23.0 Å². The number of Topliss-reactive ketones (excluding diaryl/α,β-unsaturated/α-hetero) is 1. The van der Waals surface area contributed by atoms with Crippen molar-refractivity contribution >= 4 is 29.5 Å². The van der Waals surface area contributed by atoms with Crippen molar-refractivity contribution in [1.82, 2.24) is 0 Å². The van der Waals surface area contributed by atoms with Gasteiger partial charge in [-0.1, -0.05) is 48.9 Å². The van der Waals surface area contributed by atoms with E-state index in [1.807, 2.05) is 37.3 Å². The van der Waals surface area contributed by atoms with Crippen LogP contribution in [0.3, 0.4) is 0 Å². The van der Waals surface area contributed by atoms with Crippen molar-refractivity contribution in [3.63, 3.8) is 0 Å². The Morgan fingerprint density at radius 2 is 1.58 bits per heavy atom. The van der Waals surface area contributed by atoms with E-state index in [0.717, 1.165) is 5.56 Å². The number of carboxylic acids is 1. The van der Waals surface area contributed by atoms with E-state index in [1.54, 1.807) is 24.3 Å². The number of halogens is 1. The molecule has 2 atom stereocenters. The van der Waals surface area contributed by atoms with Gasteiger partial charge in [0.2, 0.25) is 0 Å². The molecule has 136 valence electrons. The highest BCUT2D eigenvalue weighted by atomic mass is 35.5. The number of aliphatic carboxylic acids is 1. The SMILES string of the molecule is CCC(C(=O)O)C(CC(=O)c1ccc(Cl)cc1)c1ccccc1.O=C=O. The van der Waals surface area contributed by atoms with Gasteiger partial charge in [0.15, 0.2) is 5.78 Å². The maximum atomic E-state index is 12.5. The minimum atomic E-state index is -0.870. The number of hydrogen-bond acceptors (Lipinski definition) is 4. The van der Waals surface area contributed by atoms with Crippen LogP contribution in [0.1, 0.15) is 41.6 Å². The molecule has 2 aromatic carbocycles. The lowest BCUT2D eigenvalue weighted by molar-refractivity contribution is -0.191. The van der Waals surface area contributed by atoms with Crippen molar-refractivity contribution < 1.29 is 24.3 Å². The minimum Gasteiger partial charge on any atom is -0.481 e. The smallest absolute Gasteiger partial charge is 0.373 e. The van der Waals surface area contributed by atoms with Crippen molar-refractivity contribution in [3.05, 3.63) is 70.7 Å². The van der Waals surface area contributed by atoms with Crippen LogP contribution in [0.15, 0.2) is 54.6 Å². The maximum absolute atomic E-state index is 12.5. The third-order valence-corrected chi connectivity index (χ3v) is 4.29. The Balaban J connectivity index is 0.00000105. The summed E-state index contributed by atoms with van der Waals surface area (Å²) in [7, 11) is 0. The Hall–Kier alpha value is -2.75. The molecule has 0 aliphatic heterocycles. The lowest BCUT2D eigenvalue weighted by atomic mass is 9.80. The molecule has 5 nitrogen and oxygen atoms in total. The summed E-state index contributed by atoms with van der Waals surface area (Å²) in [4.78, 5) is 40.4. The van der Waals surface area contributed by atoms with Crippen LogP contribution in [0.25, 0.3) is 0 Å². The number of rotatable bonds is 7. The maximum Gasteiger partial charge on any atom is 0.373 e. The van der Waals surface area contributed by atoms with Gasteiger partial charge in [0.05, 0.1) is 5.92 Å². The normalized spacial score (nSPS) is 12.1. The molecule has 2 aromatic rings. The molecule has 0 saturated carbocycles. The molecule has 2 unspecified atom stereocenters. The molecule has 0 aliphatic rings. The van der Waals surface area contributed by atoms with Crippen molar-refractivity contribution in [2.75, 3.05) is 0 Å². The van der Waals surface area contributed by atoms with E-state index in [2.05, 4.69) is 0 Å². The average molecular weight is 375 g/mol. The number of carbonyl (C=O) groups is 2. The Morgan fingerprint density at radius 1 is 1.04 bits per heavy atom. The average Bonchev–Trinajstić information content (AvgIpc) is 2.63. The van der Waals surface area contributed by atoms with Gasteiger partial charge in [-0.25, -0.2) is 0 Å². The third kappa shape index (κ3) is 6.28. The number of hydrogen-bond donors (Lipinski definition) is 1. The van der Waals surface area contributed by atoms with Gasteiger partial charge in [-0.15, -0.1) is 0 Å². The summed E-state index contributed by atoms with van der Waals surface area (Å²) >= 11 is 5.84. The Bertz CT molecular complexity index is 750. The van der Waals surface area contributed by atoms with E-state index in [1.165, 1.54) is 0 Å². The lowest BCUT2D eigenvalue weighted by Gasteiger charge is -2.23. The van der Waals surface area contributed by atoms with Crippen LogP contribution in [-0.2, 0) is 14.4 Å². The number of benzene rings is 2. The van der Waals surface area contributed by atoms with Gasteiger partial charge in [0.1, 0.15) is 0 Å². The lowest BCUT2D eigenvalue weighted by Crippen LogP contribution is -2.24.